The number of hydrogen-bond donors (Lipinski definition) is 1. The highest BCUT2D eigenvalue weighted by molar-refractivity contribution is 7.90. The molecule has 170 valence electrons. The molecule has 0 spiro atoms. The SMILES string of the molecule is C=C(Cc1cc2c(cn1)N(C)C(=O)c1ccccc1C(S(C)(=O)=O)C2)C1CCC(O)CC1. The van der Waals surface area contributed by atoms with Crippen LogP contribution in [0, 0.1) is 5.92 Å². The van der Waals surface area contributed by atoms with Crippen LogP contribution < -0.4 is 4.90 Å². The van der Waals surface area contributed by atoms with Crippen molar-refractivity contribution in [1.82, 2.24) is 4.98 Å². The predicted molar refractivity (Wildman–Crippen MR) is 126 cm³/mol. The zero-order valence-electron chi connectivity index (χ0n) is 18.6. The topological polar surface area (TPSA) is 87.6 Å². The smallest absolute Gasteiger partial charge is 0.258 e. The standard InChI is InChI=1S/C25H30N2O4S/c1-16(17-8-10-20(28)11-9-17)12-19-13-18-14-24(32(3,30)31)21-6-4-5-7-22(21)25(29)27(2)23(18)15-26-19/h4-7,13,15,17,20,24,28H,1,8-12,14H2,2-3H3. The van der Waals surface area contributed by atoms with Crippen LogP contribution in [0.1, 0.15) is 58.1 Å². The van der Waals surface area contributed by atoms with Crippen LogP contribution in [0.25, 0.3) is 0 Å². The Morgan fingerprint density at radius 2 is 1.91 bits per heavy atom. The number of nitrogens with zero attached hydrogens (tertiary/aromatic N) is 2. The molecule has 0 bridgehead atoms. The van der Waals surface area contributed by atoms with Gasteiger partial charge in [0.25, 0.3) is 5.91 Å². The number of pyridine rings is 1. The molecule has 2 heterocycles. The number of hydrogen-bond acceptors (Lipinski definition) is 5. The first-order valence-electron chi connectivity index (χ1n) is 11.0. The third-order valence-electron chi connectivity index (χ3n) is 6.83. The molecular formula is C25H30N2O4S. The minimum atomic E-state index is -3.45. The Morgan fingerprint density at radius 3 is 2.59 bits per heavy atom. The number of aliphatic hydroxyl groups excluding tert-OH is 1. The van der Waals surface area contributed by atoms with Gasteiger partial charge in [0, 0.05) is 31.0 Å². The minimum absolute atomic E-state index is 0.211. The zero-order valence-corrected chi connectivity index (χ0v) is 19.4. The molecule has 2 aromatic rings. The van der Waals surface area contributed by atoms with Crippen LogP contribution in [0.5, 0.6) is 0 Å². The summed E-state index contributed by atoms with van der Waals surface area (Å²) in [5.74, 6) is 0.122. The van der Waals surface area contributed by atoms with E-state index in [1.54, 1.807) is 42.4 Å². The van der Waals surface area contributed by atoms with Gasteiger partial charge in [0.1, 0.15) is 0 Å². The Hall–Kier alpha value is -2.51. The van der Waals surface area contributed by atoms with Gasteiger partial charge < -0.3 is 10.0 Å². The van der Waals surface area contributed by atoms with Crippen LogP contribution in [0.4, 0.5) is 5.69 Å². The fraction of sp³-hybridized carbons (Fsp3) is 0.440. The quantitative estimate of drug-likeness (QED) is 0.713. The number of aromatic nitrogens is 1. The van der Waals surface area contributed by atoms with E-state index in [2.05, 4.69) is 11.6 Å². The van der Waals surface area contributed by atoms with Gasteiger partial charge in [-0.3, -0.25) is 9.78 Å². The van der Waals surface area contributed by atoms with Gasteiger partial charge in [-0.05, 0) is 61.3 Å². The van der Waals surface area contributed by atoms with Crippen molar-refractivity contribution in [2.75, 3.05) is 18.2 Å². The summed E-state index contributed by atoms with van der Waals surface area (Å²) in [4.78, 5) is 19.3. The molecule has 0 radical (unpaired) electrons. The van der Waals surface area contributed by atoms with Gasteiger partial charge in [-0.1, -0.05) is 30.4 Å². The summed E-state index contributed by atoms with van der Waals surface area (Å²) < 4.78 is 25.5. The fourth-order valence-electron chi connectivity index (χ4n) is 4.92. The maximum atomic E-state index is 13.2. The molecule has 1 N–H and O–H groups in total. The Balaban J connectivity index is 1.68. The molecule has 1 atom stereocenters. The Morgan fingerprint density at radius 1 is 1.22 bits per heavy atom. The van der Waals surface area contributed by atoms with Gasteiger partial charge >= 0.3 is 0 Å². The molecule has 2 aliphatic rings. The lowest BCUT2D eigenvalue weighted by Crippen LogP contribution is -2.32. The maximum Gasteiger partial charge on any atom is 0.258 e. The molecule has 0 saturated heterocycles. The van der Waals surface area contributed by atoms with E-state index in [0.717, 1.165) is 42.5 Å². The second-order valence-corrected chi connectivity index (χ2v) is 11.3. The van der Waals surface area contributed by atoms with Gasteiger partial charge in [0.05, 0.1) is 23.2 Å². The minimum Gasteiger partial charge on any atom is -0.393 e. The van der Waals surface area contributed by atoms with Gasteiger partial charge in [0.15, 0.2) is 9.84 Å². The van der Waals surface area contributed by atoms with Crippen molar-refractivity contribution >= 4 is 21.4 Å². The summed E-state index contributed by atoms with van der Waals surface area (Å²) in [7, 11) is -1.75. The van der Waals surface area contributed by atoms with Crippen molar-refractivity contribution in [2.24, 2.45) is 5.92 Å². The molecule has 1 aromatic heterocycles. The summed E-state index contributed by atoms with van der Waals surface area (Å²) in [6.45, 7) is 4.27. The molecule has 1 unspecified atom stereocenters. The lowest BCUT2D eigenvalue weighted by Gasteiger charge is -2.29. The largest absolute Gasteiger partial charge is 0.393 e. The van der Waals surface area contributed by atoms with Gasteiger partial charge in [-0.15, -0.1) is 0 Å². The van der Waals surface area contributed by atoms with E-state index >= 15 is 0 Å². The van der Waals surface area contributed by atoms with Crippen LogP contribution in [0.15, 0.2) is 48.7 Å². The number of benzene rings is 1. The number of carbonyl (C=O) groups is 1. The van der Waals surface area contributed by atoms with E-state index in [4.69, 9.17) is 0 Å². The highest BCUT2D eigenvalue weighted by atomic mass is 32.2. The molecule has 6 nitrogen and oxygen atoms in total. The molecule has 1 amide bonds. The van der Waals surface area contributed by atoms with Crippen LogP contribution >= 0.6 is 0 Å². The number of allylic oxidation sites excluding steroid dienone is 1. The van der Waals surface area contributed by atoms with Crippen molar-refractivity contribution in [3.05, 3.63) is 71.1 Å². The van der Waals surface area contributed by atoms with E-state index in [0.29, 0.717) is 29.2 Å². The van der Waals surface area contributed by atoms with Crippen molar-refractivity contribution in [2.45, 2.75) is 49.9 Å². The second kappa shape index (κ2) is 8.79. The summed E-state index contributed by atoms with van der Waals surface area (Å²) in [6, 6.07) is 8.87. The van der Waals surface area contributed by atoms with Crippen molar-refractivity contribution in [3.8, 4) is 0 Å². The number of anilines is 1. The van der Waals surface area contributed by atoms with Crippen LogP contribution in [-0.2, 0) is 22.7 Å². The summed E-state index contributed by atoms with van der Waals surface area (Å²) in [6.07, 6.45) is 7.01. The van der Waals surface area contributed by atoms with E-state index in [-0.39, 0.29) is 18.4 Å². The van der Waals surface area contributed by atoms with Crippen LogP contribution in [-0.4, -0.2) is 43.8 Å². The third kappa shape index (κ3) is 4.50. The van der Waals surface area contributed by atoms with Gasteiger partial charge in [0.2, 0.25) is 0 Å². The molecule has 1 fully saturated rings. The first kappa shape index (κ1) is 22.7. The lowest BCUT2D eigenvalue weighted by molar-refractivity contribution is 0.0991. The predicted octanol–water partition coefficient (Wildman–Crippen LogP) is 3.65. The first-order valence-corrected chi connectivity index (χ1v) is 13.0. The van der Waals surface area contributed by atoms with Gasteiger partial charge in [-0.2, -0.15) is 0 Å². The number of carbonyl (C=O) groups excluding carboxylic acids is 1. The summed E-state index contributed by atoms with van der Waals surface area (Å²) in [5.41, 5.74) is 4.29. The average Bonchev–Trinajstić information content (AvgIpc) is 2.75. The lowest BCUT2D eigenvalue weighted by atomic mass is 9.81. The highest BCUT2D eigenvalue weighted by Gasteiger charge is 2.33. The number of sulfone groups is 1. The zero-order chi connectivity index (χ0) is 23.0. The summed E-state index contributed by atoms with van der Waals surface area (Å²) in [5, 5.41) is 8.97. The number of fused-ring (bicyclic) bond motifs is 2. The van der Waals surface area contributed by atoms with Gasteiger partial charge in [-0.25, -0.2) is 8.42 Å². The number of amides is 1. The number of aliphatic hydroxyl groups is 1. The molecular weight excluding hydrogens is 424 g/mol. The first-order chi connectivity index (χ1) is 15.1. The van der Waals surface area contributed by atoms with E-state index in [1.165, 1.54) is 6.26 Å². The second-order valence-electron chi connectivity index (χ2n) is 9.12. The molecule has 1 aliphatic heterocycles. The molecule has 7 heteroatoms. The molecule has 32 heavy (non-hydrogen) atoms. The van der Waals surface area contributed by atoms with E-state index in [9.17, 15) is 18.3 Å². The van der Waals surface area contributed by atoms with Crippen LogP contribution in [0.2, 0.25) is 0 Å². The summed E-state index contributed by atoms with van der Waals surface area (Å²) >= 11 is 0. The average molecular weight is 455 g/mol. The van der Waals surface area contributed by atoms with Crippen LogP contribution in [0.3, 0.4) is 0 Å². The van der Waals surface area contributed by atoms with Crippen molar-refractivity contribution in [3.63, 3.8) is 0 Å². The Bertz CT molecular complexity index is 1150. The fourth-order valence-corrected chi connectivity index (χ4v) is 6.07. The van der Waals surface area contributed by atoms with E-state index < -0.39 is 15.1 Å². The Kier molecular flexibility index (Phi) is 6.23. The molecule has 1 aromatic carbocycles. The monoisotopic (exact) mass is 454 g/mol. The maximum absolute atomic E-state index is 13.2. The Labute approximate surface area is 189 Å². The molecule has 1 saturated carbocycles. The van der Waals surface area contributed by atoms with Crippen molar-refractivity contribution in [1.29, 1.82) is 0 Å². The molecule has 1 aliphatic carbocycles. The normalized spacial score (nSPS) is 23.7. The highest BCUT2D eigenvalue weighted by Crippen LogP contribution is 2.37. The third-order valence-corrected chi connectivity index (χ3v) is 8.29. The van der Waals surface area contributed by atoms with Crippen molar-refractivity contribution < 1.29 is 18.3 Å². The van der Waals surface area contributed by atoms with E-state index in [1.807, 2.05) is 6.07 Å². The molecule has 4 rings (SSSR count). The number of rotatable bonds is 4.